The van der Waals surface area contributed by atoms with E-state index in [0.717, 1.165) is 156 Å². The Hall–Kier alpha value is -13.5. The van der Waals surface area contributed by atoms with Crippen molar-refractivity contribution in [2.45, 2.75) is 131 Å². The van der Waals surface area contributed by atoms with Crippen molar-refractivity contribution < 1.29 is 0 Å². The summed E-state index contributed by atoms with van der Waals surface area (Å²) in [6.07, 6.45) is 0. The molecule has 15 aromatic carbocycles. The van der Waals surface area contributed by atoms with Crippen LogP contribution in [0.15, 0.2) is 315 Å². The van der Waals surface area contributed by atoms with Gasteiger partial charge < -0.3 is 18.9 Å². The standard InChI is InChI=1S/C112H97BN6/c1-108(2,3)80-54-78(55-81(62-80)109(4,5)6)93-60-76(72-34-18-16-19-35-72)58-91(74-38-30-32-70(52-74)68-114)106(93)118-101-66-85(116-97-44-26-22-40-87(97)88-41-23-27-45-98(88)116)48-50-95(101)113-96-51-49-86(117-99-46-28-24-42-89(99)90-43-25-29-47-100(90)117)67-102(96)119(104-65-84(112(13,14)15)64-103(118)105(104)113)107-92(75-39-31-33-71(53-75)69-115)59-77(73-36-20-17-21-37-73)61-94(107)79-56-82(110(7,8)9)63-83(57-79)111(10,11)12/h16-67H,1-15H3. The van der Waals surface area contributed by atoms with Gasteiger partial charge in [-0.05, 0) is 225 Å². The van der Waals surface area contributed by atoms with E-state index in [9.17, 15) is 10.5 Å². The van der Waals surface area contributed by atoms with Gasteiger partial charge in [0, 0.05) is 77.9 Å². The van der Waals surface area contributed by atoms with Crippen molar-refractivity contribution >= 4 is 101 Å². The van der Waals surface area contributed by atoms with Crippen molar-refractivity contribution in [3.63, 3.8) is 0 Å². The van der Waals surface area contributed by atoms with Crippen LogP contribution in [0.2, 0.25) is 0 Å². The Kier molecular flexibility index (Phi) is 17.9. The summed E-state index contributed by atoms with van der Waals surface area (Å²) in [4.78, 5) is 5.37. The molecule has 0 radical (unpaired) electrons. The molecule has 0 bridgehead atoms. The molecule has 578 valence electrons. The minimum absolute atomic E-state index is 0.243. The minimum atomic E-state index is -0.465. The molecule has 2 aromatic heterocycles. The van der Waals surface area contributed by atoms with Crippen LogP contribution in [-0.4, -0.2) is 15.8 Å². The minimum Gasteiger partial charge on any atom is -0.310 e. The predicted octanol–water partition coefficient (Wildman–Crippen LogP) is 28.2. The van der Waals surface area contributed by atoms with E-state index in [1.54, 1.807) is 0 Å². The van der Waals surface area contributed by atoms with Gasteiger partial charge in [0.15, 0.2) is 0 Å². The van der Waals surface area contributed by atoms with Crippen LogP contribution in [-0.2, 0) is 27.1 Å². The van der Waals surface area contributed by atoms with Crippen molar-refractivity contribution in [2.75, 3.05) is 9.80 Å². The normalized spacial score (nSPS) is 12.9. The summed E-state index contributed by atoms with van der Waals surface area (Å²) in [6.45, 7) is 34.8. The molecular weight excluding hydrogens is 1440 g/mol. The second-order valence-corrected chi connectivity index (χ2v) is 38.1. The van der Waals surface area contributed by atoms with Gasteiger partial charge in [0.2, 0.25) is 0 Å². The van der Waals surface area contributed by atoms with E-state index in [4.69, 9.17) is 0 Å². The first kappa shape index (κ1) is 75.6. The fourth-order valence-corrected chi connectivity index (χ4v) is 18.6. The number of hydrogen-bond acceptors (Lipinski definition) is 4. The summed E-state index contributed by atoms with van der Waals surface area (Å²) in [5, 5.41) is 27.1. The average Bonchev–Trinajstić information content (AvgIpc) is 0.748. The smallest absolute Gasteiger partial charge is 0.252 e. The van der Waals surface area contributed by atoms with Crippen LogP contribution >= 0.6 is 0 Å². The Bertz CT molecular complexity index is 6510. The van der Waals surface area contributed by atoms with E-state index >= 15 is 0 Å². The second-order valence-electron chi connectivity index (χ2n) is 38.1. The molecule has 0 atom stereocenters. The third-order valence-corrected chi connectivity index (χ3v) is 25.0. The molecule has 6 nitrogen and oxygen atoms in total. The Morgan fingerprint density at radius 2 is 0.538 bits per heavy atom. The third kappa shape index (κ3) is 13.0. The highest BCUT2D eigenvalue weighted by atomic mass is 15.2. The molecule has 17 aromatic rings. The molecule has 0 saturated carbocycles. The van der Waals surface area contributed by atoms with Crippen LogP contribution in [0.25, 0.3) is 122 Å². The zero-order chi connectivity index (χ0) is 82.5. The highest BCUT2D eigenvalue weighted by molar-refractivity contribution is 7.00. The molecule has 0 fully saturated rings. The molecular formula is C112H97BN6. The second kappa shape index (κ2) is 28.2. The molecule has 2 aliphatic rings. The van der Waals surface area contributed by atoms with Gasteiger partial charge in [0.1, 0.15) is 0 Å². The number of nitriles is 2. The first-order valence-electron chi connectivity index (χ1n) is 41.9. The summed E-state index contributed by atoms with van der Waals surface area (Å²) in [5.41, 5.74) is 34.3. The van der Waals surface area contributed by atoms with E-state index in [1.807, 2.05) is 12.1 Å². The van der Waals surface area contributed by atoms with Gasteiger partial charge in [0.05, 0.1) is 56.7 Å². The quantitative estimate of drug-likeness (QED) is 0.128. The number of benzene rings is 15. The van der Waals surface area contributed by atoms with E-state index < -0.39 is 5.41 Å². The molecule has 7 heteroatoms. The van der Waals surface area contributed by atoms with Gasteiger partial charge in [-0.2, -0.15) is 10.5 Å². The average molecular weight is 1540 g/mol. The molecule has 0 saturated heterocycles. The number of nitrogens with zero attached hydrogens (tertiary/aromatic N) is 6. The highest BCUT2D eigenvalue weighted by Crippen LogP contribution is 2.57. The number of anilines is 6. The number of fused-ring (bicyclic) bond motifs is 10. The van der Waals surface area contributed by atoms with Gasteiger partial charge in [-0.3, -0.25) is 0 Å². The van der Waals surface area contributed by atoms with Crippen molar-refractivity contribution in [2.24, 2.45) is 0 Å². The number of rotatable bonds is 10. The first-order valence-corrected chi connectivity index (χ1v) is 41.9. The molecule has 0 aliphatic carbocycles. The summed E-state index contributed by atoms with van der Waals surface area (Å²) < 4.78 is 4.96. The lowest BCUT2D eigenvalue weighted by molar-refractivity contribution is 0.568. The topological polar surface area (TPSA) is 63.9 Å². The van der Waals surface area contributed by atoms with Crippen LogP contribution in [0.5, 0.6) is 0 Å². The van der Waals surface area contributed by atoms with E-state index in [2.05, 4.69) is 438 Å². The molecule has 119 heavy (non-hydrogen) atoms. The monoisotopic (exact) mass is 1540 g/mol. The predicted molar refractivity (Wildman–Crippen MR) is 505 cm³/mol. The maximum absolute atomic E-state index is 11.2. The fourth-order valence-electron chi connectivity index (χ4n) is 18.6. The Morgan fingerprint density at radius 1 is 0.244 bits per heavy atom. The van der Waals surface area contributed by atoms with E-state index in [0.29, 0.717) is 11.1 Å². The highest BCUT2D eigenvalue weighted by Gasteiger charge is 2.47. The number of hydrogen-bond donors (Lipinski definition) is 0. The lowest BCUT2D eigenvalue weighted by Gasteiger charge is -2.46. The van der Waals surface area contributed by atoms with E-state index in [1.165, 1.54) is 43.8 Å². The van der Waals surface area contributed by atoms with Crippen LogP contribution in [0.3, 0.4) is 0 Å². The zero-order valence-corrected chi connectivity index (χ0v) is 70.8. The van der Waals surface area contributed by atoms with Gasteiger partial charge in [-0.25, -0.2) is 0 Å². The Morgan fingerprint density at radius 3 is 0.857 bits per heavy atom. The maximum Gasteiger partial charge on any atom is 0.252 e. The molecule has 19 rings (SSSR count). The Balaban J connectivity index is 1.04. The third-order valence-electron chi connectivity index (χ3n) is 25.0. The zero-order valence-electron chi connectivity index (χ0n) is 70.8. The Labute approximate surface area is 701 Å². The molecule has 4 heterocycles. The van der Waals surface area contributed by atoms with Gasteiger partial charge in [0.25, 0.3) is 6.71 Å². The van der Waals surface area contributed by atoms with E-state index in [-0.39, 0.29) is 28.4 Å². The molecule has 0 amide bonds. The summed E-state index contributed by atoms with van der Waals surface area (Å²) in [6, 6.07) is 123. The molecule has 2 aliphatic heterocycles. The van der Waals surface area contributed by atoms with Crippen LogP contribution in [0.1, 0.15) is 143 Å². The number of para-hydroxylation sites is 4. The van der Waals surface area contributed by atoms with Gasteiger partial charge >= 0.3 is 0 Å². The van der Waals surface area contributed by atoms with Gasteiger partial charge in [-0.15, -0.1) is 0 Å². The van der Waals surface area contributed by atoms with Crippen LogP contribution < -0.4 is 26.2 Å². The maximum atomic E-state index is 11.2. The molecule has 0 unspecified atom stereocenters. The molecule has 0 N–H and O–H groups in total. The summed E-state index contributed by atoms with van der Waals surface area (Å²) in [5.74, 6) is 0. The largest absolute Gasteiger partial charge is 0.310 e. The van der Waals surface area contributed by atoms with Gasteiger partial charge in [-0.1, -0.05) is 310 Å². The van der Waals surface area contributed by atoms with Crippen molar-refractivity contribution in [3.8, 4) is 90.3 Å². The van der Waals surface area contributed by atoms with Crippen LogP contribution in [0, 0.1) is 22.7 Å². The number of aromatic nitrogens is 2. The summed E-state index contributed by atoms with van der Waals surface area (Å²) >= 11 is 0. The molecule has 0 spiro atoms. The SMILES string of the molecule is CC(C)(C)c1cc(-c2cc(-c3ccccc3)cc(-c3cccc(C#N)c3)c2N2c3cc(-n4c5ccccc5c5ccccc54)ccc3B3c4ccc(-n5c6ccccc6c6ccccc65)cc4N(c4c(-c5cccc(C#N)c5)cc(-c5ccccc5)cc4-c4cc(C(C)(C)C)cc(C(C)(C)C)c4)c4cc(C(C)(C)C)cc2c43)cc(C(C)(C)C)c1. The van der Waals surface area contributed by atoms with Crippen LogP contribution in [0.4, 0.5) is 34.1 Å². The van der Waals surface area contributed by atoms with Crippen molar-refractivity contribution in [1.82, 2.24) is 9.13 Å². The van der Waals surface area contributed by atoms with Crippen molar-refractivity contribution in [1.29, 1.82) is 10.5 Å². The van der Waals surface area contributed by atoms with Crippen molar-refractivity contribution in [3.05, 3.63) is 354 Å². The first-order chi connectivity index (χ1) is 57.1. The summed E-state index contributed by atoms with van der Waals surface area (Å²) in [7, 11) is 0. The lowest BCUT2D eigenvalue weighted by atomic mass is 9.33. The fraction of sp³-hybridized carbons (Fsp3) is 0.179. The lowest BCUT2D eigenvalue weighted by Crippen LogP contribution is -2.61.